The van der Waals surface area contributed by atoms with Gasteiger partial charge in [-0.25, -0.2) is 0 Å². The zero-order chi connectivity index (χ0) is 10.1. The van der Waals surface area contributed by atoms with Gasteiger partial charge in [-0.15, -0.1) is 0 Å². The zero-order valence-electron chi connectivity index (χ0n) is 8.47. The normalized spacial score (nSPS) is 18.5. The first-order valence-corrected chi connectivity index (χ1v) is 5.26. The zero-order valence-corrected chi connectivity index (χ0v) is 8.47. The molecule has 76 valence electrons. The smallest absolute Gasteiger partial charge is 0.122 e. The SMILES string of the molecule is c1ccc2c(c1)OCC2Cn1cccc1. The van der Waals surface area contributed by atoms with E-state index in [1.807, 2.05) is 12.1 Å². The van der Waals surface area contributed by atoms with Gasteiger partial charge in [-0.3, -0.25) is 0 Å². The van der Waals surface area contributed by atoms with Gasteiger partial charge in [0.1, 0.15) is 5.75 Å². The third-order valence-corrected chi connectivity index (χ3v) is 2.90. The van der Waals surface area contributed by atoms with Gasteiger partial charge >= 0.3 is 0 Å². The van der Waals surface area contributed by atoms with Crippen molar-refractivity contribution < 1.29 is 4.74 Å². The molecule has 15 heavy (non-hydrogen) atoms. The lowest BCUT2D eigenvalue weighted by Gasteiger charge is -2.09. The fourth-order valence-electron chi connectivity index (χ4n) is 2.13. The number of hydrogen-bond acceptors (Lipinski definition) is 1. The van der Waals surface area contributed by atoms with Gasteiger partial charge in [0, 0.05) is 30.4 Å². The number of ether oxygens (including phenoxy) is 1. The number of aromatic nitrogens is 1. The highest BCUT2D eigenvalue weighted by molar-refractivity contribution is 5.39. The van der Waals surface area contributed by atoms with Gasteiger partial charge in [-0.2, -0.15) is 0 Å². The molecule has 0 bridgehead atoms. The van der Waals surface area contributed by atoms with Crippen LogP contribution in [0.5, 0.6) is 5.75 Å². The van der Waals surface area contributed by atoms with Gasteiger partial charge in [0.25, 0.3) is 0 Å². The number of rotatable bonds is 2. The van der Waals surface area contributed by atoms with Crippen LogP contribution in [0.1, 0.15) is 11.5 Å². The predicted octanol–water partition coefficient (Wildman–Crippen LogP) is 2.66. The maximum Gasteiger partial charge on any atom is 0.122 e. The van der Waals surface area contributed by atoms with Crippen molar-refractivity contribution in [1.82, 2.24) is 4.57 Å². The van der Waals surface area contributed by atoms with E-state index in [0.29, 0.717) is 5.92 Å². The van der Waals surface area contributed by atoms with Crippen molar-refractivity contribution >= 4 is 0 Å². The van der Waals surface area contributed by atoms with Crippen molar-refractivity contribution in [3.63, 3.8) is 0 Å². The Kier molecular flexibility index (Phi) is 1.98. The van der Waals surface area contributed by atoms with Crippen molar-refractivity contribution in [2.45, 2.75) is 12.5 Å². The van der Waals surface area contributed by atoms with E-state index in [4.69, 9.17) is 4.74 Å². The second-order valence-electron chi connectivity index (χ2n) is 3.93. The molecule has 1 aromatic heterocycles. The van der Waals surface area contributed by atoms with Gasteiger partial charge in [0.15, 0.2) is 0 Å². The Bertz CT molecular complexity index is 447. The largest absolute Gasteiger partial charge is 0.493 e. The molecule has 0 N–H and O–H groups in total. The van der Waals surface area contributed by atoms with Gasteiger partial charge in [-0.1, -0.05) is 18.2 Å². The van der Waals surface area contributed by atoms with Crippen LogP contribution >= 0.6 is 0 Å². The summed E-state index contributed by atoms with van der Waals surface area (Å²) in [6, 6.07) is 12.4. The molecule has 0 saturated carbocycles. The summed E-state index contributed by atoms with van der Waals surface area (Å²) in [6.45, 7) is 1.81. The topological polar surface area (TPSA) is 14.2 Å². The second-order valence-corrected chi connectivity index (χ2v) is 3.93. The second kappa shape index (κ2) is 3.46. The molecular formula is C13H13NO. The molecule has 1 unspecified atom stereocenters. The van der Waals surface area contributed by atoms with Crippen LogP contribution in [0.25, 0.3) is 0 Å². The molecule has 1 aliphatic rings. The van der Waals surface area contributed by atoms with Crippen molar-refractivity contribution in [3.05, 3.63) is 54.4 Å². The van der Waals surface area contributed by atoms with E-state index in [0.717, 1.165) is 18.9 Å². The van der Waals surface area contributed by atoms with Crippen LogP contribution in [-0.4, -0.2) is 11.2 Å². The molecule has 2 heterocycles. The Balaban J connectivity index is 1.85. The molecular weight excluding hydrogens is 186 g/mol. The Hall–Kier alpha value is -1.70. The molecule has 2 heteroatoms. The fraction of sp³-hybridized carbons (Fsp3) is 0.231. The lowest BCUT2D eigenvalue weighted by atomic mass is 10.0. The standard InChI is InChI=1S/C13H13NO/c1-2-6-13-12(5-1)11(10-15-13)9-14-7-3-4-8-14/h1-8,11H,9-10H2. The quantitative estimate of drug-likeness (QED) is 0.725. The van der Waals surface area contributed by atoms with Crippen LogP contribution in [0.4, 0.5) is 0 Å². The minimum Gasteiger partial charge on any atom is -0.493 e. The van der Waals surface area contributed by atoms with Gasteiger partial charge in [-0.05, 0) is 18.2 Å². The molecule has 2 nitrogen and oxygen atoms in total. The summed E-state index contributed by atoms with van der Waals surface area (Å²) in [5.41, 5.74) is 1.34. The van der Waals surface area contributed by atoms with Crippen LogP contribution < -0.4 is 4.74 Å². The first-order valence-electron chi connectivity index (χ1n) is 5.26. The molecule has 0 radical (unpaired) electrons. The number of benzene rings is 1. The van der Waals surface area contributed by atoms with E-state index < -0.39 is 0 Å². The van der Waals surface area contributed by atoms with Gasteiger partial charge < -0.3 is 9.30 Å². The van der Waals surface area contributed by atoms with E-state index in [-0.39, 0.29) is 0 Å². The maximum atomic E-state index is 5.65. The molecule has 0 amide bonds. The van der Waals surface area contributed by atoms with E-state index >= 15 is 0 Å². The number of fused-ring (bicyclic) bond motifs is 1. The molecule has 3 rings (SSSR count). The molecule has 0 spiro atoms. The van der Waals surface area contributed by atoms with Crippen LogP contribution in [0.2, 0.25) is 0 Å². The Labute approximate surface area is 89.1 Å². The molecule has 1 aromatic carbocycles. The van der Waals surface area contributed by atoms with Crippen LogP contribution in [0.15, 0.2) is 48.8 Å². The van der Waals surface area contributed by atoms with Crippen LogP contribution in [0, 0.1) is 0 Å². The number of para-hydroxylation sites is 1. The lowest BCUT2D eigenvalue weighted by molar-refractivity contribution is 0.319. The molecule has 0 fully saturated rings. The molecule has 0 aliphatic carbocycles. The first kappa shape index (κ1) is 8.60. The van der Waals surface area contributed by atoms with Gasteiger partial charge in [0.2, 0.25) is 0 Å². The summed E-state index contributed by atoms with van der Waals surface area (Å²) in [4.78, 5) is 0. The Morgan fingerprint density at radius 2 is 1.93 bits per heavy atom. The Morgan fingerprint density at radius 3 is 2.80 bits per heavy atom. The minimum atomic E-state index is 0.494. The van der Waals surface area contributed by atoms with Crippen LogP contribution in [0.3, 0.4) is 0 Å². The molecule has 2 aromatic rings. The highest BCUT2D eigenvalue weighted by Gasteiger charge is 2.23. The summed E-state index contributed by atoms with van der Waals surface area (Å²) >= 11 is 0. The summed E-state index contributed by atoms with van der Waals surface area (Å²) in [5, 5.41) is 0. The highest BCUT2D eigenvalue weighted by atomic mass is 16.5. The molecule has 1 aliphatic heterocycles. The number of hydrogen-bond donors (Lipinski definition) is 0. The predicted molar refractivity (Wildman–Crippen MR) is 59.1 cm³/mol. The van der Waals surface area contributed by atoms with Crippen molar-refractivity contribution in [1.29, 1.82) is 0 Å². The van der Waals surface area contributed by atoms with Crippen molar-refractivity contribution in [3.8, 4) is 5.75 Å². The highest BCUT2D eigenvalue weighted by Crippen LogP contribution is 2.34. The average molecular weight is 199 g/mol. The monoisotopic (exact) mass is 199 g/mol. The molecule has 1 atom stereocenters. The average Bonchev–Trinajstić information content (AvgIpc) is 2.89. The van der Waals surface area contributed by atoms with Crippen molar-refractivity contribution in [2.75, 3.05) is 6.61 Å². The van der Waals surface area contributed by atoms with Gasteiger partial charge in [0.05, 0.1) is 6.61 Å². The van der Waals surface area contributed by atoms with E-state index in [2.05, 4.69) is 41.2 Å². The minimum absolute atomic E-state index is 0.494. The third kappa shape index (κ3) is 1.52. The van der Waals surface area contributed by atoms with E-state index in [1.165, 1.54) is 5.56 Å². The first-order chi connectivity index (χ1) is 7.43. The summed E-state index contributed by atoms with van der Waals surface area (Å²) < 4.78 is 7.85. The maximum absolute atomic E-state index is 5.65. The molecule has 0 saturated heterocycles. The lowest BCUT2D eigenvalue weighted by Crippen LogP contribution is -2.08. The summed E-state index contributed by atoms with van der Waals surface area (Å²) in [7, 11) is 0. The Morgan fingerprint density at radius 1 is 1.13 bits per heavy atom. The summed E-state index contributed by atoms with van der Waals surface area (Å²) in [6.07, 6.45) is 4.20. The number of nitrogens with zero attached hydrogens (tertiary/aromatic N) is 1. The van der Waals surface area contributed by atoms with E-state index in [9.17, 15) is 0 Å². The third-order valence-electron chi connectivity index (χ3n) is 2.90. The van der Waals surface area contributed by atoms with E-state index in [1.54, 1.807) is 0 Å². The fourth-order valence-corrected chi connectivity index (χ4v) is 2.13. The van der Waals surface area contributed by atoms with Crippen LogP contribution in [-0.2, 0) is 6.54 Å². The van der Waals surface area contributed by atoms with Crippen molar-refractivity contribution in [2.24, 2.45) is 0 Å². The summed E-state index contributed by atoms with van der Waals surface area (Å²) in [5.74, 6) is 1.54.